The van der Waals surface area contributed by atoms with Gasteiger partial charge in [0, 0.05) is 31.1 Å². The number of nitrogens with one attached hydrogen (secondary N) is 1. The van der Waals surface area contributed by atoms with E-state index in [0.29, 0.717) is 18.0 Å². The highest BCUT2D eigenvalue weighted by Crippen LogP contribution is 2.27. The van der Waals surface area contributed by atoms with Crippen LogP contribution >= 0.6 is 11.8 Å². The molecule has 1 N–H and O–H groups in total. The first-order valence-electron chi connectivity index (χ1n) is 6.62. The Morgan fingerprint density at radius 2 is 2.11 bits per heavy atom. The van der Waals surface area contributed by atoms with E-state index in [1.54, 1.807) is 10.4 Å². The van der Waals surface area contributed by atoms with E-state index in [4.69, 9.17) is 0 Å². The standard InChI is InChI=1S/C13H18N2O2S2/c16-19(17,15-6-1-8-18-9-7-15)12-2-3-13-11(10-12)4-5-14-13/h2-3,10,14H,1,4-9H2. The summed E-state index contributed by atoms with van der Waals surface area (Å²) in [6.07, 6.45) is 1.85. The molecule has 0 spiro atoms. The van der Waals surface area contributed by atoms with Gasteiger partial charge < -0.3 is 5.32 Å². The molecule has 2 aliphatic heterocycles. The Hall–Kier alpha value is -0.720. The second-order valence-corrected chi connectivity index (χ2v) is 8.03. The summed E-state index contributed by atoms with van der Waals surface area (Å²) in [5, 5.41) is 3.26. The van der Waals surface area contributed by atoms with Crippen molar-refractivity contribution < 1.29 is 8.42 Å². The van der Waals surface area contributed by atoms with Crippen LogP contribution in [0, 0.1) is 0 Å². The van der Waals surface area contributed by atoms with Gasteiger partial charge in [0.25, 0.3) is 0 Å². The zero-order valence-electron chi connectivity index (χ0n) is 10.8. The lowest BCUT2D eigenvalue weighted by molar-refractivity contribution is 0.435. The van der Waals surface area contributed by atoms with Gasteiger partial charge in [-0.15, -0.1) is 0 Å². The molecule has 0 aromatic heterocycles. The number of thioether (sulfide) groups is 1. The first-order chi connectivity index (χ1) is 9.18. The normalized spacial score (nSPS) is 20.6. The van der Waals surface area contributed by atoms with Crippen molar-refractivity contribution in [1.29, 1.82) is 0 Å². The summed E-state index contributed by atoms with van der Waals surface area (Å²) < 4.78 is 26.9. The van der Waals surface area contributed by atoms with E-state index in [9.17, 15) is 8.42 Å². The summed E-state index contributed by atoms with van der Waals surface area (Å²) in [4.78, 5) is 0.446. The summed E-state index contributed by atoms with van der Waals surface area (Å²) in [5.74, 6) is 1.95. The van der Waals surface area contributed by atoms with Gasteiger partial charge in [0.2, 0.25) is 10.0 Å². The van der Waals surface area contributed by atoms with Crippen LogP contribution in [0.5, 0.6) is 0 Å². The third-order valence-electron chi connectivity index (χ3n) is 3.61. The van der Waals surface area contributed by atoms with Gasteiger partial charge >= 0.3 is 0 Å². The molecule has 0 bridgehead atoms. The molecule has 1 aromatic rings. The molecule has 0 saturated carbocycles. The van der Waals surface area contributed by atoms with E-state index in [1.807, 2.05) is 23.9 Å². The molecular weight excluding hydrogens is 280 g/mol. The summed E-state index contributed by atoms with van der Waals surface area (Å²) in [5.41, 5.74) is 2.19. The Morgan fingerprint density at radius 1 is 1.21 bits per heavy atom. The van der Waals surface area contributed by atoms with Gasteiger partial charge in [-0.2, -0.15) is 16.1 Å². The SMILES string of the molecule is O=S(=O)(c1ccc2c(c1)CCN2)N1CCCSCC1. The molecule has 6 heteroatoms. The second kappa shape index (κ2) is 5.34. The highest BCUT2D eigenvalue weighted by Gasteiger charge is 2.26. The largest absolute Gasteiger partial charge is 0.384 e. The Bertz CT molecular complexity index is 564. The Kier molecular flexibility index (Phi) is 3.73. The lowest BCUT2D eigenvalue weighted by atomic mass is 10.2. The maximum atomic E-state index is 12.6. The lowest BCUT2D eigenvalue weighted by Gasteiger charge is -2.20. The minimum atomic E-state index is -3.31. The summed E-state index contributed by atoms with van der Waals surface area (Å²) >= 11 is 1.83. The van der Waals surface area contributed by atoms with Crippen molar-refractivity contribution in [3.63, 3.8) is 0 Å². The van der Waals surface area contributed by atoms with Gasteiger partial charge in [-0.1, -0.05) is 0 Å². The fourth-order valence-corrected chi connectivity index (χ4v) is 5.09. The average Bonchev–Trinajstić information content (AvgIpc) is 2.69. The zero-order valence-corrected chi connectivity index (χ0v) is 12.4. The monoisotopic (exact) mass is 298 g/mol. The lowest BCUT2D eigenvalue weighted by Crippen LogP contribution is -2.33. The Labute approximate surface area is 118 Å². The number of nitrogens with zero attached hydrogens (tertiary/aromatic N) is 1. The van der Waals surface area contributed by atoms with Crippen molar-refractivity contribution >= 4 is 27.5 Å². The molecule has 0 unspecified atom stereocenters. The average molecular weight is 298 g/mol. The predicted octanol–water partition coefficient (Wildman–Crippen LogP) is 1.78. The van der Waals surface area contributed by atoms with Crippen molar-refractivity contribution in [2.24, 2.45) is 0 Å². The highest BCUT2D eigenvalue weighted by atomic mass is 32.2. The summed E-state index contributed by atoms with van der Waals surface area (Å²) in [6, 6.07) is 5.45. The van der Waals surface area contributed by atoms with Gasteiger partial charge in [-0.3, -0.25) is 0 Å². The van der Waals surface area contributed by atoms with E-state index in [1.165, 1.54) is 0 Å². The molecule has 2 aliphatic rings. The fraction of sp³-hybridized carbons (Fsp3) is 0.538. The molecule has 0 radical (unpaired) electrons. The van der Waals surface area contributed by atoms with Crippen LogP contribution in [0.25, 0.3) is 0 Å². The van der Waals surface area contributed by atoms with Crippen LogP contribution in [-0.4, -0.2) is 43.9 Å². The number of hydrogen-bond donors (Lipinski definition) is 1. The van der Waals surface area contributed by atoms with E-state index < -0.39 is 10.0 Å². The third kappa shape index (κ3) is 2.61. The molecule has 3 rings (SSSR count). The summed E-state index contributed by atoms with van der Waals surface area (Å²) in [7, 11) is -3.31. The molecule has 1 saturated heterocycles. The maximum absolute atomic E-state index is 12.6. The van der Waals surface area contributed by atoms with E-state index in [-0.39, 0.29) is 0 Å². The molecule has 0 aliphatic carbocycles. The number of rotatable bonds is 2. The van der Waals surface area contributed by atoms with Crippen LogP contribution < -0.4 is 5.32 Å². The van der Waals surface area contributed by atoms with E-state index in [0.717, 1.165) is 42.1 Å². The van der Waals surface area contributed by atoms with Gasteiger partial charge in [-0.25, -0.2) is 8.42 Å². The molecule has 0 amide bonds. The van der Waals surface area contributed by atoms with Crippen LogP contribution in [0.1, 0.15) is 12.0 Å². The molecule has 4 nitrogen and oxygen atoms in total. The minimum Gasteiger partial charge on any atom is -0.384 e. The van der Waals surface area contributed by atoms with Crippen molar-refractivity contribution in [2.45, 2.75) is 17.7 Å². The topological polar surface area (TPSA) is 49.4 Å². The van der Waals surface area contributed by atoms with Crippen molar-refractivity contribution in [1.82, 2.24) is 4.31 Å². The zero-order chi connectivity index (χ0) is 13.3. The number of anilines is 1. The second-order valence-electron chi connectivity index (χ2n) is 4.87. The van der Waals surface area contributed by atoms with Crippen LogP contribution in [0.3, 0.4) is 0 Å². The smallest absolute Gasteiger partial charge is 0.243 e. The maximum Gasteiger partial charge on any atom is 0.243 e. The summed E-state index contributed by atoms with van der Waals surface area (Å²) in [6.45, 7) is 2.17. The quantitative estimate of drug-likeness (QED) is 0.904. The third-order valence-corrected chi connectivity index (χ3v) is 6.55. The van der Waals surface area contributed by atoms with Crippen molar-refractivity contribution in [3.05, 3.63) is 23.8 Å². The number of hydrogen-bond acceptors (Lipinski definition) is 4. The molecule has 104 valence electrons. The molecule has 19 heavy (non-hydrogen) atoms. The fourth-order valence-electron chi connectivity index (χ4n) is 2.55. The van der Waals surface area contributed by atoms with Crippen LogP contribution in [-0.2, 0) is 16.4 Å². The molecule has 2 heterocycles. The van der Waals surface area contributed by atoms with E-state index >= 15 is 0 Å². The Morgan fingerprint density at radius 3 is 3.00 bits per heavy atom. The van der Waals surface area contributed by atoms with Crippen LogP contribution in [0.4, 0.5) is 5.69 Å². The van der Waals surface area contributed by atoms with Crippen molar-refractivity contribution in [2.75, 3.05) is 36.5 Å². The van der Waals surface area contributed by atoms with Gasteiger partial charge in [0.05, 0.1) is 4.90 Å². The number of benzene rings is 1. The van der Waals surface area contributed by atoms with Crippen LogP contribution in [0.15, 0.2) is 23.1 Å². The van der Waals surface area contributed by atoms with E-state index in [2.05, 4.69) is 5.32 Å². The first-order valence-corrected chi connectivity index (χ1v) is 9.22. The molecule has 1 fully saturated rings. The number of sulfonamides is 1. The van der Waals surface area contributed by atoms with Gasteiger partial charge in [0.1, 0.15) is 0 Å². The van der Waals surface area contributed by atoms with Crippen LogP contribution in [0.2, 0.25) is 0 Å². The van der Waals surface area contributed by atoms with Crippen molar-refractivity contribution in [3.8, 4) is 0 Å². The number of fused-ring (bicyclic) bond motifs is 1. The first kappa shape index (κ1) is 13.3. The molecule has 0 atom stereocenters. The van der Waals surface area contributed by atoms with Gasteiger partial charge in [-0.05, 0) is 42.4 Å². The Balaban J connectivity index is 1.90. The minimum absolute atomic E-state index is 0.446. The highest BCUT2D eigenvalue weighted by molar-refractivity contribution is 7.99. The predicted molar refractivity (Wildman–Crippen MR) is 79.3 cm³/mol. The molecule has 1 aromatic carbocycles. The van der Waals surface area contributed by atoms with Gasteiger partial charge in [0.15, 0.2) is 0 Å². The molecular formula is C13H18N2O2S2.